The summed E-state index contributed by atoms with van der Waals surface area (Å²) < 4.78 is 31.5. The van der Waals surface area contributed by atoms with Crippen molar-refractivity contribution in [3.05, 3.63) is 0 Å². The lowest BCUT2D eigenvalue weighted by Crippen LogP contribution is -2.47. The van der Waals surface area contributed by atoms with Crippen molar-refractivity contribution in [2.45, 2.75) is 146 Å². The number of esters is 10. The molecule has 41 nitrogen and oxygen atoms in total. The van der Waals surface area contributed by atoms with E-state index >= 15 is 0 Å². The Morgan fingerprint density at radius 2 is 0.736 bits per heavy atom. The predicted octanol–water partition coefficient (Wildman–Crippen LogP) is -12.0. The highest BCUT2D eigenvalue weighted by molar-refractivity contribution is 5.94. The van der Waals surface area contributed by atoms with Gasteiger partial charge in [-0.3, -0.25) is 52.7 Å². The summed E-state index contributed by atoms with van der Waals surface area (Å²) in [4.78, 5) is 174. The van der Waals surface area contributed by atoms with E-state index in [0.717, 1.165) is 6.42 Å². The standard InChI is InChI=1S/C12H22N4O7.C10H19N3O4.C9H16N4O6.C9H18N2O4.C6H11N3O4/c1-5(23-11(20)6(13)2-3-8(15)17)9(16)12(21)22-4-7(14)10(18)19;1-5(2)3-6(11)9(15)17-10(16)7(12)4-8(13)14;10-2-7(15)18-3-5(12)9(17)19-8(16)4(11)1-6(13)14;1-3-5(2)7(11)9(14)15-4-6(10)8(12)13;7-2-5(11)13-6(12)3(8)1-4(9)10/h5-7,9H,2-4,13-14,16H2,1H3,(H2,15,17)(H,18,19);5-7H,3-4,11-12H2,1-2H3,(H2,13,14);4-5H,1-3,10-12H2,(H2,13,14);5-7H,3-4,10-11H2,1-2H3,(H,12,13);3H,1-2,7-8H2,(H2,9,10)/t5-,6+,7+,9+;6-,7-;4-,5-;5-,6-,7-;3-/m10000/s1. The molecule has 87 heavy (non-hydrogen) atoms. The highest BCUT2D eigenvalue weighted by atomic mass is 16.6. The van der Waals surface area contributed by atoms with E-state index in [9.17, 15) is 76.7 Å². The van der Waals surface area contributed by atoms with Gasteiger partial charge in [0.15, 0.2) is 0 Å². The second kappa shape index (κ2) is 47.8. The molecular weight excluding hydrogens is 1180 g/mol. The third-order valence-electron chi connectivity index (χ3n) is 9.93. The van der Waals surface area contributed by atoms with Crippen LogP contribution in [0.1, 0.15) is 79.6 Å². The van der Waals surface area contributed by atoms with Gasteiger partial charge in [-0.2, -0.15) is 0 Å². The summed E-state index contributed by atoms with van der Waals surface area (Å²) >= 11 is 0. The lowest BCUT2D eigenvalue weighted by molar-refractivity contribution is -0.164. The SMILES string of the molecule is CC(C)C[C@H](N)C(=O)OC(=O)[C@@H](N)CC(N)=O.CC[C@H](C)[C@H](N)C(=O)OC[C@H](N)C(=O)O.C[C@@H](OC(=O)[C@@H](N)CCC(N)=O)[C@H](N)C(=O)OC[C@H](N)C(=O)O.NCC(=O)OC(=O)[C@@H](N)CC(N)=O.NCC(=O)OC[C@H](N)C(=O)OC(=O)[C@@H](N)CC(N)=O. The summed E-state index contributed by atoms with van der Waals surface area (Å²) in [6.07, 6.45) is -1.22. The zero-order valence-electron chi connectivity index (χ0n) is 48.5. The van der Waals surface area contributed by atoms with Crippen molar-refractivity contribution in [3.63, 3.8) is 0 Å². The maximum absolute atomic E-state index is 11.6. The summed E-state index contributed by atoms with van der Waals surface area (Å²) in [6.45, 7) is 6.62. The average Bonchev–Trinajstić information content (AvgIpc) is 3.62. The van der Waals surface area contributed by atoms with Crippen molar-refractivity contribution in [1.29, 1.82) is 0 Å². The number of primary amides is 4. The van der Waals surface area contributed by atoms with Crippen molar-refractivity contribution in [2.75, 3.05) is 32.9 Å². The number of rotatable bonds is 33. The maximum atomic E-state index is 11.6. The third-order valence-corrected chi connectivity index (χ3v) is 9.93. The first-order valence-corrected chi connectivity index (χ1v) is 25.4. The van der Waals surface area contributed by atoms with Crippen molar-refractivity contribution >= 4 is 95.3 Å². The molecule has 0 radical (unpaired) electrons. The van der Waals surface area contributed by atoms with Crippen molar-refractivity contribution in [3.8, 4) is 0 Å². The molecule has 0 rings (SSSR count). The minimum absolute atomic E-state index is 0.00134. The molecule has 0 bridgehead atoms. The fraction of sp³-hybridized carbons (Fsp3) is 0.652. The van der Waals surface area contributed by atoms with Crippen LogP contribution in [0, 0.1) is 11.8 Å². The molecule has 0 spiro atoms. The second-order valence-corrected chi connectivity index (χ2v) is 18.4. The molecule has 500 valence electrons. The number of hydrogen-bond donors (Lipinski definition) is 18. The first-order valence-electron chi connectivity index (χ1n) is 25.4. The van der Waals surface area contributed by atoms with Crippen molar-refractivity contribution in [1.82, 2.24) is 0 Å². The predicted molar refractivity (Wildman–Crippen MR) is 294 cm³/mol. The number of carboxylic acid groups (broad SMARTS) is 2. The molecule has 0 aliphatic heterocycles. The van der Waals surface area contributed by atoms with E-state index in [4.69, 9.17) is 107 Å². The number of carbonyl (C=O) groups excluding carboxylic acids is 14. The molecule has 0 aromatic rings. The topological polar surface area (TPSA) is 795 Å². The van der Waals surface area contributed by atoms with Crippen molar-refractivity contribution < 1.29 is 120 Å². The van der Waals surface area contributed by atoms with E-state index in [0.29, 0.717) is 6.42 Å². The number of hydrogen-bond acceptors (Lipinski definition) is 35. The highest BCUT2D eigenvalue weighted by Gasteiger charge is 2.30. The molecule has 41 heteroatoms. The maximum Gasteiger partial charge on any atom is 0.334 e. The van der Waals surface area contributed by atoms with Crippen LogP contribution in [-0.2, 0) is 110 Å². The summed E-state index contributed by atoms with van der Waals surface area (Å²) in [6, 6.07) is -11.8. The average molecular weight is 1260 g/mol. The zero-order valence-corrected chi connectivity index (χ0v) is 48.5. The lowest BCUT2D eigenvalue weighted by atomic mass is 10.0. The van der Waals surface area contributed by atoms with E-state index in [1.807, 2.05) is 27.7 Å². The molecule has 0 aromatic heterocycles. The Kier molecular flexibility index (Phi) is 48.1. The van der Waals surface area contributed by atoms with Gasteiger partial charge in [0.05, 0.1) is 32.4 Å². The van der Waals surface area contributed by atoms with Gasteiger partial charge in [0.1, 0.15) is 86.3 Å². The summed E-state index contributed by atoms with van der Waals surface area (Å²) in [5.41, 5.74) is 82.6. The Labute approximate surface area is 497 Å². The largest absolute Gasteiger partial charge is 0.480 e. The fourth-order valence-corrected chi connectivity index (χ4v) is 4.66. The molecule has 4 amide bonds. The van der Waals surface area contributed by atoms with Gasteiger partial charge in [-0.05, 0) is 31.6 Å². The number of nitrogens with two attached hydrogens (primary N) is 16. The van der Waals surface area contributed by atoms with Crippen LogP contribution in [0.25, 0.3) is 0 Å². The highest BCUT2D eigenvalue weighted by Crippen LogP contribution is 2.08. The number of carboxylic acids is 2. The molecule has 0 heterocycles. The van der Waals surface area contributed by atoms with Crippen LogP contribution < -0.4 is 91.7 Å². The Hall–Kier alpha value is -8.36. The molecule has 0 aromatic carbocycles. The van der Waals surface area contributed by atoms with Crippen LogP contribution >= 0.6 is 0 Å². The van der Waals surface area contributed by atoms with Crippen LogP contribution in [-0.4, -0.2) is 205 Å². The second-order valence-electron chi connectivity index (χ2n) is 18.4. The molecule has 0 aliphatic rings. The van der Waals surface area contributed by atoms with Crippen LogP contribution in [0.5, 0.6) is 0 Å². The Bertz CT molecular complexity index is 2300. The van der Waals surface area contributed by atoms with Crippen LogP contribution in [0.15, 0.2) is 0 Å². The number of ether oxygens (including phenoxy) is 7. The van der Waals surface area contributed by atoms with Gasteiger partial charge in [-0.1, -0.05) is 34.1 Å². The van der Waals surface area contributed by atoms with Crippen LogP contribution in [0.2, 0.25) is 0 Å². The van der Waals surface area contributed by atoms with E-state index in [2.05, 4.69) is 28.4 Å². The first-order chi connectivity index (χ1) is 39.9. The van der Waals surface area contributed by atoms with Gasteiger partial charge in [-0.15, -0.1) is 0 Å². The minimum Gasteiger partial charge on any atom is -0.480 e. The number of aliphatic carboxylic acids is 2. The van der Waals surface area contributed by atoms with E-state index in [1.54, 1.807) is 0 Å². The van der Waals surface area contributed by atoms with Crippen LogP contribution in [0.4, 0.5) is 0 Å². The Morgan fingerprint density at radius 1 is 0.391 bits per heavy atom. The van der Waals surface area contributed by atoms with Gasteiger partial charge in [0.2, 0.25) is 23.6 Å². The molecule has 12 atom stereocenters. The van der Waals surface area contributed by atoms with Gasteiger partial charge in [-0.25, -0.2) is 24.0 Å². The summed E-state index contributed by atoms with van der Waals surface area (Å²) in [5.74, 6) is -14.5. The normalized spacial score (nSPS) is 14.5. The Balaban J connectivity index is -0.000000326. The zero-order chi connectivity index (χ0) is 69.2. The van der Waals surface area contributed by atoms with Gasteiger partial charge in [0.25, 0.3) is 0 Å². The number of amides is 4. The quantitative estimate of drug-likeness (QED) is 0.0165. The first kappa shape index (κ1) is 87.4. The van der Waals surface area contributed by atoms with E-state index in [1.165, 1.54) is 6.92 Å². The molecule has 0 aliphatic carbocycles. The van der Waals surface area contributed by atoms with Gasteiger partial charge < -0.3 is 135 Å². The smallest absolute Gasteiger partial charge is 0.334 e. The summed E-state index contributed by atoms with van der Waals surface area (Å²) in [5, 5.41) is 17.0. The monoisotopic (exact) mass is 1260 g/mol. The third kappa shape index (κ3) is 46.6. The van der Waals surface area contributed by atoms with Crippen molar-refractivity contribution in [2.24, 2.45) is 104 Å². The molecule has 0 fully saturated rings. The summed E-state index contributed by atoms with van der Waals surface area (Å²) in [7, 11) is 0. The number of carbonyl (C=O) groups is 16. The molecule has 34 N–H and O–H groups in total. The Morgan fingerprint density at radius 3 is 1.07 bits per heavy atom. The molecular formula is C46H86N16O25. The van der Waals surface area contributed by atoms with E-state index < -0.39 is 188 Å². The minimum atomic E-state index is -1.38. The van der Waals surface area contributed by atoms with E-state index in [-0.39, 0.29) is 50.7 Å². The molecule has 0 unspecified atom stereocenters. The fourth-order valence-electron chi connectivity index (χ4n) is 4.66. The molecule has 0 saturated heterocycles. The van der Waals surface area contributed by atoms with Crippen LogP contribution in [0.3, 0.4) is 0 Å². The molecule has 0 saturated carbocycles. The lowest BCUT2D eigenvalue weighted by Gasteiger charge is -2.21. The van der Waals surface area contributed by atoms with Gasteiger partial charge >= 0.3 is 71.6 Å². The van der Waals surface area contributed by atoms with Gasteiger partial charge in [0, 0.05) is 6.42 Å².